The molecule has 8 heteroatoms. The van der Waals surface area contributed by atoms with Crippen molar-refractivity contribution in [2.75, 3.05) is 13.1 Å². The van der Waals surface area contributed by atoms with Gasteiger partial charge in [-0.25, -0.2) is 16.8 Å². The van der Waals surface area contributed by atoms with Crippen LogP contribution >= 0.6 is 0 Å². The second kappa shape index (κ2) is 9.77. The molecule has 0 bridgehead atoms. The molecule has 1 heterocycles. The molecule has 0 aromatic heterocycles. The molecular weight excluding hydrogens is 483 g/mol. The van der Waals surface area contributed by atoms with E-state index in [1.165, 1.54) is 4.31 Å². The van der Waals surface area contributed by atoms with E-state index in [0.717, 1.165) is 5.56 Å². The van der Waals surface area contributed by atoms with Crippen LogP contribution in [0.5, 0.6) is 0 Å². The predicted octanol–water partition coefficient (Wildman–Crippen LogP) is 5.50. The van der Waals surface area contributed by atoms with E-state index in [-0.39, 0.29) is 34.2 Å². The van der Waals surface area contributed by atoms with Gasteiger partial charge in [0.15, 0.2) is 0 Å². The molecule has 2 aromatic rings. The normalized spacial score (nSPS) is 17.6. The van der Waals surface area contributed by atoms with E-state index in [4.69, 9.17) is 0 Å². The number of nitrogens with zero attached hydrogens (tertiary/aromatic N) is 1. The average Bonchev–Trinajstić information content (AvgIpc) is 2.94. The maximum absolute atomic E-state index is 13.7. The Hall–Kier alpha value is -2.26. The zero-order valence-electron chi connectivity index (χ0n) is 20.5. The van der Waals surface area contributed by atoms with Crippen LogP contribution in [0.25, 0.3) is 0 Å². The Morgan fingerprint density at radius 2 is 1.53 bits per heavy atom. The van der Waals surface area contributed by atoms with Gasteiger partial charge in [-0.15, -0.1) is 0 Å². The number of hydrogen-bond donors (Lipinski definition) is 0. The lowest BCUT2D eigenvalue weighted by Crippen LogP contribution is -2.34. The Labute approximate surface area is 205 Å². The van der Waals surface area contributed by atoms with Crippen molar-refractivity contribution in [3.8, 4) is 0 Å². The summed E-state index contributed by atoms with van der Waals surface area (Å²) in [5, 5.41) is 0. The SMILES string of the molecule is C=C(C)C1=C(S(=O)(=O)c2ccccc2)CCN(S(=O)(=O)c2ccc(C)cc2)C/C1=C\[Si](C)(C)C. The number of allylic oxidation sites excluding steroid dienone is 1. The quantitative estimate of drug-likeness (QED) is 0.477. The first-order chi connectivity index (χ1) is 15.7. The van der Waals surface area contributed by atoms with Crippen LogP contribution in [-0.4, -0.2) is 42.3 Å². The Kier molecular flexibility index (Phi) is 7.57. The molecule has 5 nitrogen and oxygen atoms in total. The number of sulfonamides is 1. The molecule has 34 heavy (non-hydrogen) atoms. The molecule has 2 aromatic carbocycles. The van der Waals surface area contributed by atoms with Crippen molar-refractivity contribution >= 4 is 27.9 Å². The fourth-order valence-electron chi connectivity index (χ4n) is 4.11. The Morgan fingerprint density at radius 1 is 0.941 bits per heavy atom. The van der Waals surface area contributed by atoms with Gasteiger partial charge in [0.2, 0.25) is 19.9 Å². The van der Waals surface area contributed by atoms with Crippen molar-refractivity contribution in [2.45, 2.75) is 49.7 Å². The van der Waals surface area contributed by atoms with E-state index in [2.05, 4.69) is 31.9 Å². The lowest BCUT2D eigenvalue weighted by Gasteiger charge is -2.24. The molecule has 0 aliphatic carbocycles. The summed E-state index contributed by atoms with van der Waals surface area (Å²) in [7, 11) is -9.50. The summed E-state index contributed by atoms with van der Waals surface area (Å²) in [4.78, 5) is 0.639. The minimum absolute atomic E-state index is 0.0669. The highest BCUT2D eigenvalue weighted by Crippen LogP contribution is 2.36. The monoisotopic (exact) mass is 515 g/mol. The van der Waals surface area contributed by atoms with E-state index in [1.54, 1.807) is 61.5 Å². The van der Waals surface area contributed by atoms with Gasteiger partial charge in [0, 0.05) is 13.1 Å². The van der Waals surface area contributed by atoms with Crippen LogP contribution in [0.4, 0.5) is 0 Å². The molecule has 0 saturated heterocycles. The zero-order valence-corrected chi connectivity index (χ0v) is 23.1. The molecule has 0 amide bonds. The largest absolute Gasteiger partial charge is 0.243 e. The first kappa shape index (κ1) is 26.3. The fraction of sp³-hybridized carbons (Fsp3) is 0.308. The molecule has 0 spiro atoms. The second-order valence-corrected chi connectivity index (χ2v) is 18.8. The smallest absolute Gasteiger partial charge is 0.219 e. The first-order valence-corrected chi connectivity index (χ1v) is 17.7. The molecule has 0 radical (unpaired) electrons. The Bertz CT molecular complexity index is 1350. The van der Waals surface area contributed by atoms with Crippen molar-refractivity contribution in [1.29, 1.82) is 0 Å². The summed E-state index contributed by atoms with van der Waals surface area (Å²) in [6, 6.07) is 15.1. The molecule has 0 fully saturated rings. The molecular formula is C26H33NO4S2Si. The number of sulfone groups is 1. The van der Waals surface area contributed by atoms with Gasteiger partial charge in [-0.3, -0.25) is 0 Å². The van der Waals surface area contributed by atoms with Crippen LogP contribution in [0, 0.1) is 6.92 Å². The van der Waals surface area contributed by atoms with Crippen LogP contribution in [0.1, 0.15) is 18.9 Å². The van der Waals surface area contributed by atoms with E-state index < -0.39 is 27.9 Å². The van der Waals surface area contributed by atoms with E-state index in [1.807, 2.05) is 6.92 Å². The van der Waals surface area contributed by atoms with Gasteiger partial charge in [0.25, 0.3) is 0 Å². The highest BCUT2D eigenvalue weighted by atomic mass is 32.2. The minimum Gasteiger partial charge on any atom is -0.219 e. The van der Waals surface area contributed by atoms with Crippen molar-refractivity contribution in [2.24, 2.45) is 0 Å². The third kappa shape index (κ3) is 5.68. The first-order valence-electron chi connectivity index (χ1n) is 11.2. The molecule has 0 atom stereocenters. The molecule has 182 valence electrons. The van der Waals surface area contributed by atoms with Crippen molar-refractivity contribution in [1.82, 2.24) is 4.31 Å². The van der Waals surface area contributed by atoms with E-state index in [9.17, 15) is 16.8 Å². The lowest BCUT2D eigenvalue weighted by atomic mass is 10.0. The van der Waals surface area contributed by atoms with Crippen molar-refractivity contribution < 1.29 is 16.8 Å². The maximum atomic E-state index is 13.7. The topological polar surface area (TPSA) is 71.5 Å². The van der Waals surface area contributed by atoms with Gasteiger partial charge < -0.3 is 0 Å². The van der Waals surface area contributed by atoms with Gasteiger partial charge in [0.05, 0.1) is 22.8 Å². The van der Waals surface area contributed by atoms with Crippen LogP contribution in [0.3, 0.4) is 0 Å². The number of hydrogen-bond acceptors (Lipinski definition) is 4. The molecule has 0 unspecified atom stereocenters. The molecule has 1 aliphatic rings. The fourth-order valence-corrected chi connectivity index (χ4v) is 8.54. The van der Waals surface area contributed by atoms with Crippen molar-refractivity contribution in [3.05, 3.63) is 94.1 Å². The zero-order chi connectivity index (χ0) is 25.3. The number of aryl methyl sites for hydroxylation is 1. The minimum atomic E-state index is -3.84. The molecule has 0 N–H and O–H groups in total. The summed E-state index contributed by atoms with van der Waals surface area (Å²) in [6.07, 6.45) is 0.0769. The van der Waals surface area contributed by atoms with Crippen LogP contribution in [0.15, 0.2) is 98.3 Å². The number of rotatable bonds is 6. The van der Waals surface area contributed by atoms with Gasteiger partial charge in [0.1, 0.15) is 0 Å². The summed E-state index contributed by atoms with van der Waals surface area (Å²) in [6.45, 7) is 14.4. The highest BCUT2D eigenvalue weighted by molar-refractivity contribution is 7.95. The number of benzene rings is 2. The maximum Gasteiger partial charge on any atom is 0.243 e. The van der Waals surface area contributed by atoms with E-state index in [0.29, 0.717) is 16.7 Å². The standard InChI is InChI=1S/C26H33NO4S2Si/c1-20(2)26-22(19-34(4,5)6)18-27(33(30,31)24-14-12-21(3)13-15-24)17-16-25(26)32(28,29)23-10-8-7-9-11-23/h7-15,19H,1,16-18H2,2-6H3/b22-19+. The highest BCUT2D eigenvalue weighted by Gasteiger charge is 2.35. The third-order valence-corrected chi connectivity index (χ3v) is 10.6. The summed E-state index contributed by atoms with van der Waals surface area (Å²) >= 11 is 0. The van der Waals surface area contributed by atoms with Crippen LogP contribution in [-0.2, 0) is 19.9 Å². The van der Waals surface area contributed by atoms with Crippen LogP contribution in [0.2, 0.25) is 19.6 Å². The second-order valence-electron chi connectivity index (χ2n) is 9.83. The lowest BCUT2D eigenvalue weighted by molar-refractivity contribution is 0.445. The summed E-state index contributed by atoms with van der Waals surface area (Å²) < 4.78 is 56.1. The van der Waals surface area contributed by atoms with Crippen molar-refractivity contribution in [3.63, 3.8) is 0 Å². The molecule has 0 saturated carbocycles. The average molecular weight is 516 g/mol. The Balaban J connectivity index is 2.21. The van der Waals surface area contributed by atoms with Gasteiger partial charge in [-0.05, 0) is 61.3 Å². The third-order valence-electron chi connectivity index (χ3n) is 5.61. The summed E-state index contributed by atoms with van der Waals surface area (Å²) in [5.74, 6) is 0. The van der Waals surface area contributed by atoms with Gasteiger partial charge in [-0.1, -0.05) is 67.8 Å². The molecule has 1 aliphatic heterocycles. The van der Waals surface area contributed by atoms with E-state index >= 15 is 0 Å². The summed E-state index contributed by atoms with van der Waals surface area (Å²) in [5.41, 5.74) is 4.97. The van der Waals surface area contributed by atoms with Crippen LogP contribution < -0.4 is 0 Å². The van der Waals surface area contributed by atoms with Gasteiger partial charge >= 0.3 is 0 Å². The predicted molar refractivity (Wildman–Crippen MR) is 141 cm³/mol. The Morgan fingerprint density at radius 3 is 2.06 bits per heavy atom. The molecule has 3 rings (SSSR count). The van der Waals surface area contributed by atoms with Gasteiger partial charge in [-0.2, -0.15) is 4.31 Å².